The van der Waals surface area contributed by atoms with E-state index in [0.29, 0.717) is 13.2 Å². The third kappa shape index (κ3) is 2.99. The highest BCUT2D eigenvalue weighted by molar-refractivity contribution is 7.89. The highest BCUT2D eigenvalue weighted by Crippen LogP contribution is 2.30. The first-order chi connectivity index (χ1) is 8.15. The predicted molar refractivity (Wildman–Crippen MR) is 64.4 cm³/mol. The second kappa shape index (κ2) is 5.65. The Morgan fingerprint density at radius 2 is 2.12 bits per heavy atom. The number of fused-ring (bicyclic) bond motifs is 1. The molecule has 2 atom stereocenters. The molecule has 2 fully saturated rings. The summed E-state index contributed by atoms with van der Waals surface area (Å²) in [7, 11) is -1.66. The number of rotatable bonds is 4. The van der Waals surface area contributed by atoms with Crippen LogP contribution in [0, 0.1) is 0 Å². The van der Waals surface area contributed by atoms with Gasteiger partial charge in [-0.2, -0.15) is 4.31 Å². The van der Waals surface area contributed by atoms with Crippen molar-refractivity contribution in [3.8, 4) is 0 Å². The fourth-order valence-electron chi connectivity index (χ4n) is 2.71. The zero-order valence-corrected chi connectivity index (χ0v) is 11.1. The summed E-state index contributed by atoms with van der Waals surface area (Å²) in [5.41, 5.74) is 0. The fourth-order valence-corrected chi connectivity index (χ4v) is 4.33. The summed E-state index contributed by atoms with van der Waals surface area (Å²) in [4.78, 5) is 0. The van der Waals surface area contributed by atoms with Gasteiger partial charge in [-0.05, 0) is 12.8 Å². The maximum Gasteiger partial charge on any atom is 0.216 e. The molecule has 0 radical (unpaired) electrons. The van der Waals surface area contributed by atoms with Gasteiger partial charge in [-0.1, -0.05) is 12.8 Å². The fraction of sp³-hybridized carbons (Fsp3) is 1.00. The summed E-state index contributed by atoms with van der Waals surface area (Å²) in [6.45, 7) is 1.28. The average Bonchev–Trinajstić information content (AvgIpc) is 2.36. The van der Waals surface area contributed by atoms with Gasteiger partial charge in [0.1, 0.15) is 0 Å². The number of ether oxygens (including phenoxy) is 2. The predicted octanol–water partition coefficient (Wildman–Crippen LogP) is 0.606. The van der Waals surface area contributed by atoms with Crippen molar-refractivity contribution < 1.29 is 17.9 Å². The molecule has 0 aromatic rings. The van der Waals surface area contributed by atoms with Gasteiger partial charge in [-0.15, -0.1) is 0 Å². The molecule has 0 amide bonds. The van der Waals surface area contributed by atoms with Gasteiger partial charge in [-0.25, -0.2) is 8.42 Å². The van der Waals surface area contributed by atoms with E-state index in [0.717, 1.165) is 25.7 Å². The molecule has 1 aliphatic carbocycles. The van der Waals surface area contributed by atoms with E-state index in [1.54, 1.807) is 4.31 Å². The Morgan fingerprint density at radius 3 is 2.88 bits per heavy atom. The molecule has 0 aromatic heterocycles. The van der Waals surface area contributed by atoms with Crippen molar-refractivity contribution in [2.75, 3.05) is 32.6 Å². The molecule has 0 spiro atoms. The maximum atomic E-state index is 12.2. The second-order valence-electron chi connectivity index (χ2n) is 4.68. The van der Waals surface area contributed by atoms with Crippen molar-refractivity contribution in [3.05, 3.63) is 0 Å². The molecular weight excluding hydrogens is 242 g/mol. The Labute approximate surface area is 103 Å². The van der Waals surface area contributed by atoms with E-state index in [-0.39, 0.29) is 24.5 Å². The highest BCUT2D eigenvalue weighted by atomic mass is 32.2. The van der Waals surface area contributed by atoms with E-state index in [2.05, 4.69) is 0 Å². The molecule has 1 saturated heterocycles. The monoisotopic (exact) mass is 263 g/mol. The summed E-state index contributed by atoms with van der Waals surface area (Å²) < 4.78 is 36.6. The lowest BCUT2D eigenvalue weighted by Gasteiger charge is -2.42. The van der Waals surface area contributed by atoms with E-state index in [1.165, 1.54) is 7.11 Å². The number of nitrogens with zero attached hydrogens (tertiary/aromatic N) is 1. The van der Waals surface area contributed by atoms with E-state index in [1.807, 2.05) is 0 Å². The van der Waals surface area contributed by atoms with Gasteiger partial charge in [0.15, 0.2) is 0 Å². The smallest absolute Gasteiger partial charge is 0.216 e. The van der Waals surface area contributed by atoms with Gasteiger partial charge in [0, 0.05) is 13.7 Å². The van der Waals surface area contributed by atoms with Crippen LogP contribution in [0.15, 0.2) is 0 Å². The number of hydrogen-bond donors (Lipinski definition) is 0. The molecule has 1 heterocycles. The molecule has 0 unspecified atom stereocenters. The topological polar surface area (TPSA) is 55.8 Å². The minimum Gasteiger partial charge on any atom is -0.384 e. The maximum absolute atomic E-state index is 12.2. The van der Waals surface area contributed by atoms with Gasteiger partial charge in [0.05, 0.1) is 31.1 Å². The summed E-state index contributed by atoms with van der Waals surface area (Å²) in [5.74, 6) is 0.0761. The summed E-state index contributed by atoms with van der Waals surface area (Å²) >= 11 is 0. The van der Waals surface area contributed by atoms with E-state index in [4.69, 9.17) is 9.47 Å². The Hall–Kier alpha value is -0.170. The van der Waals surface area contributed by atoms with E-state index in [9.17, 15) is 8.42 Å². The van der Waals surface area contributed by atoms with Crippen LogP contribution < -0.4 is 0 Å². The van der Waals surface area contributed by atoms with Gasteiger partial charge >= 0.3 is 0 Å². The quantitative estimate of drug-likeness (QED) is 0.745. The number of hydrogen-bond acceptors (Lipinski definition) is 4. The molecule has 2 aliphatic rings. The van der Waals surface area contributed by atoms with Crippen LogP contribution in [-0.4, -0.2) is 57.5 Å². The molecule has 0 bridgehead atoms. The Kier molecular flexibility index (Phi) is 4.41. The van der Waals surface area contributed by atoms with Crippen molar-refractivity contribution in [2.45, 2.75) is 37.8 Å². The molecule has 0 N–H and O–H groups in total. The Morgan fingerprint density at radius 1 is 1.35 bits per heavy atom. The van der Waals surface area contributed by atoms with E-state index >= 15 is 0 Å². The molecule has 17 heavy (non-hydrogen) atoms. The third-order valence-corrected chi connectivity index (χ3v) is 5.43. The van der Waals surface area contributed by atoms with Crippen LogP contribution in [0.1, 0.15) is 25.7 Å². The first kappa shape index (κ1) is 13.3. The van der Waals surface area contributed by atoms with Gasteiger partial charge in [-0.3, -0.25) is 0 Å². The summed E-state index contributed by atoms with van der Waals surface area (Å²) in [5, 5.41) is 0. The van der Waals surface area contributed by atoms with Crippen LogP contribution in [0.5, 0.6) is 0 Å². The van der Waals surface area contributed by atoms with Crippen molar-refractivity contribution in [1.82, 2.24) is 4.31 Å². The zero-order valence-electron chi connectivity index (χ0n) is 10.3. The number of sulfonamides is 1. The SMILES string of the molecule is COCCS(=O)(=O)N1CCO[C@@H]2CCCC[C@H]21. The van der Waals surface area contributed by atoms with Crippen LogP contribution in [0.3, 0.4) is 0 Å². The van der Waals surface area contributed by atoms with Crippen molar-refractivity contribution in [1.29, 1.82) is 0 Å². The van der Waals surface area contributed by atoms with Crippen LogP contribution in [0.4, 0.5) is 0 Å². The molecule has 6 heteroatoms. The molecule has 1 aliphatic heterocycles. The number of methoxy groups -OCH3 is 1. The minimum atomic E-state index is -3.19. The summed E-state index contributed by atoms with van der Waals surface area (Å²) in [6.07, 6.45) is 4.26. The molecular formula is C11H21NO4S. The van der Waals surface area contributed by atoms with Crippen LogP contribution >= 0.6 is 0 Å². The Balaban J connectivity index is 2.07. The average molecular weight is 263 g/mol. The molecule has 1 saturated carbocycles. The van der Waals surface area contributed by atoms with Gasteiger partial charge in [0.2, 0.25) is 10.0 Å². The zero-order chi connectivity index (χ0) is 12.3. The molecule has 100 valence electrons. The van der Waals surface area contributed by atoms with Gasteiger partial charge < -0.3 is 9.47 Å². The van der Waals surface area contributed by atoms with Gasteiger partial charge in [0.25, 0.3) is 0 Å². The lowest BCUT2D eigenvalue weighted by atomic mass is 9.91. The first-order valence-electron chi connectivity index (χ1n) is 6.25. The second-order valence-corrected chi connectivity index (χ2v) is 6.72. The normalized spacial score (nSPS) is 31.1. The molecule has 2 rings (SSSR count). The lowest BCUT2D eigenvalue weighted by Crippen LogP contribution is -2.55. The van der Waals surface area contributed by atoms with E-state index < -0.39 is 10.0 Å². The van der Waals surface area contributed by atoms with Crippen LogP contribution in [0.2, 0.25) is 0 Å². The summed E-state index contributed by atoms with van der Waals surface area (Å²) in [6, 6.07) is 0.0550. The van der Waals surface area contributed by atoms with Crippen LogP contribution in [-0.2, 0) is 19.5 Å². The molecule has 5 nitrogen and oxygen atoms in total. The third-order valence-electron chi connectivity index (χ3n) is 3.58. The Bertz CT molecular complexity index is 341. The van der Waals surface area contributed by atoms with Crippen molar-refractivity contribution in [3.63, 3.8) is 0 Å². The molecule has 0 aromatic carbocycles. The standard InChI is InChI=1S/C11H21NO4S/c1-15-8-9-17(13,14)12-6-7-16-11-5-3-2-4-10(11)12/h10-11H,2-9H2,1H3/t10-,11-/m1/s1. The minimum absolute atomic E-state index is 0.0550. The lowest BCUT2D eigenvalue weighted by molar-refractivity contribution is -0.0587. The van der Waals surface area contributed by atoms with Crippen LogP contribution in [0.25, 0.3) is 0 Å². The first-order valence-corrected chi connectivity index (χ1v) is 7.86. The highest BCUT2D eigenvalue weighted by Gasteiger charge is 2.39. The van der Waals surface area contributed by atoms with Crippen molar-refractivity contribution >= 4 is 10.0 Å². The largest absolute Gasteiger partial charge is 0.384 e. The van der Waals surface area contributed by atoms with Crippen molar-refractivity contribution in [2.24, 2.45) is 0 Å². The number of morpholine rings is 1.